The van der Waals surface area contributed by atoms with Crippen LogP contribution in [0.2, 0.25) is 0 Å². The van der Waals surface area contributed by atoms with Crippen LogP contribution in [0.1, 0.15) is 23.2 Å². The largest absolute Gasteiger partial charge is 0.440 e. The van der Waals surface area contributed by atoms with E-state index in [0.29, 0.717) is 11.8 Å². The molecule has 1 aliphatic carbocycles. The van der Waals surface area contributed by atoms with Crippen molar-refractivity contribution in [3.8, 4) is 0 Å². The van der Waals surface area contributed by atoms with Gasteiger partial charge in [-0.3, -0.25) is 0 Å². The number of oxazole rings is 1. The predicted molar refractivity (Wildman–Crippen MR) is 64.8 cm³/mol. The maximum absolute atomic E-state index is 5.77. The highest BCUT2D eigenvalue weighted by Crippen LogP contribution is 2.31. The van der Waals surface area contributed by atoms with Crippen LogP contribution in [0.5, 0.6) is 0 Å². The second-order valence-electron chi connectivity index (χ2n) is 4.02. The maximum Gasteiger partial charge on any atom is 0.261 e. The number of fused-ring (bicyclic) bond motifs is 1. The van der Waals surface area contributed by atoms with Crippen LogP contribution in [0.25, 0.3) is 0 Å². The van der Waals surface area contributed by atoms with E-state index >= 15 is 0 Å². The molecule has 3 rings (SSSR count). The smallest absolute Gasteiger partial charge is 0.261 e. The molecule has 2 N–H and O–H groups in total. The first kappa shape index (κ1) is 10.8. The van der Waals surface area contributed by atoms with Gasteiger partial charge in [-0.25, -0.2) is 9.97 Å². The molecule has 1 aliphatic rings. The molecule has 2 aromatic heterocycles. The molecule has 2 aromatic rings. The van der Waals surface area contributed by atoms with Crippen LogP contribution >= 0.6 is 11.8 Å². The highest BCUT2D eigenvalue weighted by molar-refractivity contribution is 7.99. The lowest BCUT2D eigenvalue weighted by Gasteiger charge is -2.07. The van der Waals surface area contributed by atoms with Crippen LogP contribution in [-0.2, 0) is 19.4 Å². The Morgan fingerprint density at radius 2 is 2.35 bits per heavy atom. The van der Waals surface area contributed by atoms with Gasteiger partial charge in [-0.2, -0.15) is 0 Å². The summed E-state index contributed by atoms with van der Waals surface area (Å²) in [6, 6.07) is 2.18. The molecule has 4 nitrogen and oxygen atoms in total. The van der Waals surface area contributed by atoms with Gasteiger partial charge in [0.25, 0.3) is 5.22 Å². The average molecular weight is 247 g/mol. The van der Waals surface area contributed by atoms with E-state index in [-0.39, 0.29) is 0 Å². The summed E-state index contributed by atoms with van der Waals surface area (Å²) in [5.74, 6) is 0. The zero-order chi connectivity index (χ0) is 11.7. The van der Waals surface area contributed by atoms with Crippen LogP contribution in [0.4, 0.5) is 0 Å². The lowest BCUT2D eigenvalue weighted by molar-refractivity contribution is 0.454. The summed E-state index contributed by atoms with van der Waals surface area (Å²) in [5, 5.41) is 1.54. The van der Waals surface area contributed by atoms with Crippen LogP contribution < -0.4 is 5.73 Å². The van der Waals surface area contributed by atoms with Gasteiger partial charge < -0.3 is 10.2 Å². The number of hydrogen-bond acceptors (Lipinski definition) is 5. The van der Waals surface area contributed by atoms with Gasteiger partial charge in [0.05, 0.1) is 6.20 Å². The summed E-state index contributed by atoms with van der Waals surface area (Å²) in [6.45, 7) is 0.503. The van der Waals surface area contributed by atoms with Crippen LogP contribution in [-0.4, -0.2) is 9.97 Å². The van der Waals surface area contributed by atoms with Gasteiger partial charge in [-0.1, -0.05) is 6.07 Å². The Kier molecular flexibility index (Phi) is 2.86. The van der Waals surface area contributed by atoms with Gasteiger partial charge in [0.1, 0.15) is 11.3 Å². The molecule has 0 fully saturated rings. The molecule has 5 heteroatoms. The first-order valence-electron chi connectivity index (χ1n) is 5.66. The number of aryl methyl sites for hydroxylation is 2. The van der Waals surface area contributed by atoms with E-state index in [1.165, 1.54) is 29.4 Å². The van der Waals surface area contributed by atoms with E-state index in [9.17, 15) is 0 Å². The Morgan fingerprint density at radius 3 is 3.12 bits per heavy atom. The molecular weight excluding hydrogens is 234 g/mol. The lowest BCUT2D eigenvalue weighted by Crippen LogP contribution is -2.03. The zero-order valence-electron chi connectivity index (χ0n) is 9.35. The molecule has 17 heavy (non-hydrogen) atoms. The minimum atomic E-state index is 0.503. The van der Waals surface area contributed by atoms with Crippen LogP contribution in [0.3, 0.4) is 0 Å². The monoisotopic (exact) mass is 247 g/mol. The summed E-state index contributed by atoms with van der Waals surface area (Å²) in [5.41, 5.74) is 9.40. The molecule has 0 atom stereocenters. The van der Waals surface area contributed by atoms with Gasteiger partial charge in [-0.15, -0.1) is 0 Å². The van der Waals surface area contributed by atoms with E-state index < -0.39 is 0 Å². The fourth-order valence-electron chi connectivity index (χ4n) is 2.08. The van der Waals surface area contributed by atoms with Crippen molar-refractivity contribution in [2.45, 2.75) is 36.1 Å². The Morgan fingerprint density at radius 1 is 1.41 bits per heavy atom. The second-order valence-corrected chi connectivity index (χ2v) is 4.96. The molecule has 0 aliphatic heterocycles. The molecule has 88 valence electrons. The van der Waals surface area contributed by atoms with E-state index in [1.54, 1.807) is 12.5 Å². The summed E-state index contributed by atoms with van der Waals surface area (Å²) >= 11 is 1.44. The van der Waals surface area contributed by atoms with Crippen molar-refractivity contribution in [2.75, 3.05) is 0 Å². The molecule has 0 spiro atoms. The Labute approximate surface area is 104 Å². The normalized spacial score (nSPS) is 13.9. The number of aromatic nitrogens is 2. The minimum absolute atomic E-state index is 0.503. The maximum atomic E-state index is 5.77. The van der Waals surface area contributed by atoms with E-state index in [1.807, 2.05) is 0 Å². The third kappa shape index (κ3) is 2.08. The first-order chi connectivity index (χ1) is 8.36. The Balaban J connectivity index is 1.97. The molecule has 0 unspecified atom stereocenters. The van der Waals surface area contributed by atoms with Gasteiger partial charge in [0.2, 0.25) is 0 Å². The molecule has 2 heterocycles. The molecule has 0 saturated heterocycles. The number of rotatable bonds is 3. The molecule has 0 bridgehead atoms. The summed E-state index contributed by atoms with van der Waals surface area (Å²) in [7, 11) is 0. The van der Waals surface area contributed by atoms with Crippen molar-refractivity contribution in [2.24, 2.45) is 5.73 Å². The standard InChI is InChI=1S/C12H13N3OS/c13-7-9-6-8-2-1-3-10(8)15-11(9)17-12-14-4-5-16-12/h4-6H,1-3,7,13H2. The fourth-order valence-corrected chi connectivity index (χ4v) is 2.89. The number of hydrogen-bond donors (Lipinski definition) is 1. The van der Waals surface area contributed by atoms with Gasteiger partial charge in [-0.05, 0) is 42.2 Å². The average Bonchev–Trinajstić information content (AvgIpc) is 2.98. The van der Waals surface area contributed by atoms with E-state index in [2.05, 4.69) is 16.0 Å². The first-order valence-corrected chi connectivity index (χ1v) is 6.47. The molecule has 0 saturated carbocycles. The quantitative estimate of drug-likeness (QED) is 0.900. The van der Waals surface area contributed by atoms with Gasteiger partial charge >= 0.3 is 0 Å². The van der Waals surface area contributed by atoms with Crippen molar-refractivity contribution in [3.63, 3.8) is 0 Å². The van der Waals surface area contributed by atoms with Crippen LogP contribution in [0.15, 0.2) is 33.2 Å². The Bertz CT molecular complexity index is 525. The van der Waals surface area contributed by atoms with Gasteiger partial charge in [0, 0.05) is 12.2 Å². The minimum Gasteiger partial charge on any atom is -0.440 e. The molecular formula is C12H13N3OS. The zero-order valence-corrected chi connectivity index (χ0v) is 10.2. The third-order valence-electron chi connectivity index (χ3n) is 2.90. The highest BCUT2D eigenvalue weighted by atomic mass is 32.2. The molecule has 0 aromatic carbocycles. The van der Waals surface area contributed by atoms with Crippen LogP contribution in [0, 0.1) is 0 Å². The van der Waals surface area contributed by atoms with E-state index in [0.717, 1.165) is 23.4 Å². The van der Waals surface area contributed by atoms with E-state index in [4.69, 9.17) is 10.2 Å². The number of pyridine rings is 1. The summed E-state index contributed by atoms with van der Waals surface area (Å²) < 4.78 is 5.23. The Hall–Kier alpha value is -1.33. The lowest BCUT2D eigenvalue weighted by atomic mass is 10.1. The summed E-state index contributed by atoms with van der Waals surface area (Å²) in [4.78, 5) is 8.78. The van der Waals surface area contributed by atoms with Crippen molar-refractivity contribution in [1.82, 2.24) is 9.97 Å². The topological polar surface area (TPSA) is 64.9 Å². The van der Waals surface area contributed by atoms with Crippen molar-refractivity contribution in [3.05, 3.63) is 35.3 Å². The van der Waals surface area contributed by atoms with Crippen molar-refractivity contribution >= 4 is 11.8 Å². The highest BCUT2D eigenvalue weighted by Gasteiger charge is 2.17. The number of nitrogens with two attached hydrogens (primary N) is 1. The molecule has 0 amide bonds. The van der Waals surface area contributed by atoms with Crippen molar-refractivity contribution in [1.29, 1.82) is 0 Å². The third-order valence-corrected chi connectivity index (χ3v) is 3.83. The van der Waals surface area contributed by atoms with Crippen molar-refractivity contribution < 1.29 is 4.42 Å². The second kappa shape index (κ2) is 4.50. The van der Waals surface area contributed by atoms with Gasteiger partial charge in [0.15, 0.2) is 0 Å². The fraction of sp³-hybridized carbons (Fsp3) is 0.333. The summed E-state index contributed by atoms with van der Waals surface area (Å²) in [6.07, 6.45) is 6.59. The number of nitrogens with zero attached hydrogens (tertiary/aromatic N) is 2. The molecule has 0 radical (unpaired) electrons. The SMILES string of the molecule is NCc1cc2c(nc1Sc1ncco1)CCC2. The predicted octanol–water partition coefficient (Wildman–Crippen LogP) is 2.17.